The van der Waals surface area contributed by atoms with E-state index < -0.39 is 0 Å². The molecule has 0 radical (unpaired) electrons. The van der Waals surface area contributed by atoms with Gasteiger partial charge in [-0.1, -0.05) is 12.1 Å². The summed E-state index contributed by atoms with van der Waals surface area (Å²) in [6, 6.07) is 7.96. The van der Waals surface area contributed by atoms with Gasteiger partial charge >= 0.3 is 0 Å². The highest BCUT2D eigenvalue weighted by atomic mass is 32.1. The first-order valence-electron chi connectivity index (χ1n) is 8.59. The lowest BCUT2D eigenvalue weighted by atomic mass is 10.2. The monoisotopic (exact) mass is 366 g/mol. The van der Waals surface area contributed by atoms with E-state index in [9.17, 15) is 0 Å². The van der Waals surface area contributed by atoms with Crippen LogP contribution in [0.3, 0.4) is 0 Å². The molecule has 1 aromatic rings. The standard InChI is InChI=1S/C17H27N5O2S/c1-21(8-11-23)16-4-2-15(3-5-16)14-19-20-17(25)18-6-7-22-9-12-24-13-10-22/h2-5,14,23H,6-13H2,1H3,(H2,18,20,25)/p+1/b19-14-. The second kappa shape index (κ2) is 11.0. The van der Waals surface area contributed by atoms with Gasteiger partial charge in [-0.05, 0) is 29.9 Å². The molecule has 0 saturated carbocycles. The Labute approximate surface area is 154 Å². The molecule has 138 valence electrons. The molecule has 4 N–H and O–H groups in total. The smallest absolute Gasteiger partial charge is 0.187 e. The molecule has 2 rings (SSSR count). The number of rotatable bonds is 8. The van der Waals surface area contributed by atoms with Crippen molar-refractivity contribution in [2.75, 3.05) is 64.5 Å². The van der Waals surface area contributed by atoms with Crippen molar-refractivity contribution in [2.24, 2.45) is 5.10 Å². The number of quaternary nitrogens is 1. The van der Waals surface area contributed by atoms with Crippen LogP contribution in [0.25, 0.3) is 0 Å². The van der Waals surface area contributed by atoms with Crippen LogP contribution in [0.2, 0.25) is 0 Å². The SMILES string of the molecule is CN(CCO)c1ccc(/C=N\NC(=S)NCC[NH+]2CCOCC2)cc1. The van der Waals surface area contributed by atoms with E-state index in [0.29, 0.717) is 11.7 Å². The number of hydrogen-bond acceptors (Lipinski definition) is 5. The maximum absolute atomic E-state index is 8.96. The summed E-state index contributed by atoms with van der Waals surface area (Å²) in [5.41, 5.74) is 4.88. The van der Waals surface area contributed by atoms with Crippen molar-refractivity contribution >= 4 is 29.2 Å². The number of hydrazone groups is 1. The molecule has 1 saturated heterocycles. The van der Waals surface area contributed by atoms with Crippen LogP contribution in [-0.2, 0) is 4.74 Å². The lowest BCUT2D eigenvalue weighted by molar-refractivity contribution is -0.906. The molecular weight excluding hydrogens is 338 g/mol. The second-order valence-electron chi connectivity index (χ2n) is 5.97. The minimum absolute atomic E-state index is 0.140. The van der Waals surface area contributed by atoms with Crippen LogP contribution in [-0.4, -0.2) is 76.0 Å². The predicted molar refractivity (Wildman–Crippen MR) is 105 cm³/mol. The number of nitrogens with one attached hydrogen (secondary N) is 3. The van der Waals surface area contributed by atoms with E-state index in [1.807, 2.05) is 36.2 Å². The summed E-state index contributed by atoms with van der Waals surface area (Å²) in [7, 11) is 1.95. The zero-order valence-electron chi connectivity index (χ0n) is 14.7. The largest absolute Gasteiger partial charge is 0.395 e. The van der Waals surface area contributed by atoms with Crippen molar-refractivity contribution in [1.29, 1.82) is 0 Å². The zero-order valence-corrected chi connectivity index (χ0v) is 15.5. The van der Waals surface area contributed by atoms with Crippen LogP contribution in [0, 0.1) is 0 Å². The Morgan fingerprint density at radius 3 is 2.76 bits per heavy atom. The Morgan fingerprint density at radius 2 is 2.08 bits per heavy atom. The minimum atomic E-state index is 0.140. The number of benzene rings is 1. The number of anilines is 1. The van der Waals surface area contributed by atoms with Crippen LogP contribution >= 0.6 is 12.2 Å². The molecule has 1 aliphatic rings. The highest BCUT2D eigenvalue weighted by Crippen LogP contribution is 2.12. The summed E-state index contributed by atoms with van der Waals surface area (Å²) in [5, 5.41) is 16.8. The van der Waals surface area contributed by atoms with Gasteiger partial charge in [-0.15, -0.1) is 0 Å². The number of ether oxygens (including phenoxy) is 1. The van der Waals surface area contributed by atoms with Gasteiger partial charge in [0, 0.05) is 19.3 Å². The van der Waals surface area contributed by atoms with Gasteiger partial charge in [-0.3, -0.25) is 5.43 Å². The van der Waals surface area contributed by atoms with E-state index in [1.54, 1.807) is 6.21 Å². The molecule has 0 aromatic heterocycles. The van der Waals surface area contributed by atoms with Crippen LogP contribution < -0.4 is 20.5 Å². The first-order valence-corrected chi connectivity index (χ1v) is 9.00. The lowest BCUT2D eigenvalue weighted by Crippen LogP contribution is -3.14. The van der Waals surface area contributed by atoms with Gasteiger partial charge in [0.15, 0.2) is 5.11 Å². The molecule has 0 amide bonds. The van der Waals surface area contributed by atoms with Gasteiger partial charge in [0.2, 0.25) is 0 Å². The van der Waals surface area contributed by atoms with Gasteiger partial charge in [0.1, 0.15) is 13.1 Å². The maximum atomic E-state index is 8.96. The maximum Gasteiger partial charge on any atom is 0.187 e. The molecule has 8 heteroatoms. The highest BCUT2D eigenvalue weighted by Gasteiger charge is 2.12. The molecule has 25 heavy (non-hydrogen) atoms. The molecule has 1 heterocycles. The summed E-state index contributed by atoms with van der Waals surface area (Å²) >= 11 is 5.22. The van der Waals surface area contributed by atoms with Gasteiger partial charge in [-0.25, -0.2) is 0 Å². The van der Waals surface area contributed by atoms with Crippen molar-refractivity contribution in [3.05, 3.63) is 29.8 Å². The van der Waals surface area contributed by atoms with Crippen LogP contribution in [0.15, 0.2) is 29.4 Å². The van der Waals surface area contributed by atoms with Crippen LogP contribution in [0.4, 0.5) is 5.69 Å². The van der Waals surface area contributed by atoms with E-state index in [2.05, 4.69) is 15.8 Å². The number of likely N-dealkylation sites (N-methyl/N-ethyl adjacent to an activating group) is 1. The molecule has 0 unspecified atom stereocenters. The highest BCUT2D eigenvalue weighted by molar-refractivity contribution is 7.80. The Balaban J connectivity index is 1.66. The third-order valence-electron chi connectivity index (χ3n) is 4.11. The van der Waals surface area contributed by atoms with Gasteiger partial charge in [0.25, 0.3) is 0 Å². The van der Waals surface area contributed by atoms with Gasteiger partial charge < -0.3 is 25.0 Å². The molecule has 0 spiro atoms. The normalized spacial score (nSPS) is 15.3. The van der Waals surface area contributed by atoms with Gasteiger partial charge in [0.05, 0.1) is 39.1 Å². The topological polar surface area (TPSA) is 73.6 Å². The van der Waals surface area contributed by atoms with Crippen LogP contribution in [0.5, 0.6) is 0 Å². The third-order valence-corrected chi connectivity index (χ3v) is 4.35. The summed E-state index contributed by atoms with van der Waals surface area (Å²) in [4.78, 5) is 3.53. The molecule has 7 nitrogen and oxygen atoms in total. The van der Waals surface area contributed by atoms with Crippen molar-refractivity contribution < 1.29 is 14.7 Å². The van der Waals surface area contributed by atoms with E-state index >= 15 is 0 Å². The van der Waals surface area contributed by atoms with E-state index in [4.69, 9.17) is 22.1 Å². The Kier molecular flexibility index (Phi) is 8.61. The Bertz CT molecular complexity index is 546. The molecular formula is C17H28N5O2S+. The van der Waals surface area contributed by atoms with E-state index in [1.165, 1.54) is 4.90 Å². The van der Waals surface area contributed by atoms with Crippen molar-refractivity contribution in [3.8, 4) is 0 Å². The zero-order chi connectivity index (χ0) is 17.9. The Hall–Kier alpha value is -1.74. The quantitative estimate of drug-likeness (QED) is 0.264. The van der Waals surface area contributed by atoms with Gasteiger partial charge in [-0.2, -0.15) is 5.10 Å². The number of aliphatic hydroxyl groups excluding tert-OH is 1. The second-order valence-corrected chi connectivity index (χ2v) is 6.38. The van der Waals surface area contributed by atoms with Crippen molar-refractivity contribution in [2.45, 2.75) is 0 Å². The first-order chi connectivity index (χ1) is 12.2. The predicted octanol–water partition coefficient (Wildman–Crippen LogP) is -1.17. The fourth-order valence-corrected chi connectivity index (χ4v) is 2.72. The van der Waals surface area contributed by atoms with Crippen LogP contribution in [0.1, 0.15) is 5.56 Å². The van der Waals surface area contributed by atoms with Crippen molar-refractivity contribution in [3.63, 3.8) is 0 Å². The molecule has 1 aliphatic heterocycles. The third kappa shape index (κ3) is 7.35. The summed E-state index contributed by atoms with van der Waals surface area (Å²) in [6.07, 6.45) is 1.73. The molecule has 1 aromatic carbocycles. The number of morpholine rings is 1. The summed E-state index contributed by atoms with van der Waals surface area (Å²) in [6.45, 7) is 6.41. The van der Waals surface area contributed by atoms with Crippen molar-refractivity contribution in [1.82, 2.24) is 10.7 Å². The minimum Gasteiger partial charge on any atom is -0.395 e. The van der Waals surface area contributed by atoms with E-state index in [0.717, 1.165) is 50.6 Å². The number of thiocarbonyl (C=S) groups is 1. The molecule has 0 atom stereocenters. The molecule has 0 bridgehead atoms. The number of nitrogens with zero attached hydrogens (tertiary/aromatic N) is 2. The summed E-state index contributed by atoms with van der Waals surface area (Å²) < 4.78 is 5.34. The fourth-order valence-electron chi connectivity index (χ4n) is 2.56. The lowest BCUT2D eigenvalue weighted by Gasteiger charge is -2.23. The molecule has 0 aliphatic carbocycles. The number of aliphatic hydroxyl groups is 1. The molecule has 1 fully saturated rings. The summed E-state index contributed by atoms with van der Waals surface area (Å²) in [5.74, 6) is 0. The Morgan fingerprint density at radius 1 is 1.36 bits per heavy atom. The first kappa shape index (κ1) is 19.6. The average Bonchev–Trinajstić information content (AvgIpc) is 2.63. The van der Waals surface area contributed by atoms with E-state index in [-0.39, 0.29) is 6.61 Å². The number of hydrogen-bond donors (Lipinski definition) is 4. The fraction of sp³-hybridized carbons (Fsp3) is 0.529. The average molecular weight is 367 g/mol.